The van der Waals surface area contributed by atoms with Crippen LogP contribution in [0, 0.1) is 4.91 Å². The van der Waals surface area contributed by atoms with Crippen molar-refractivity contribution in [2.45, 2.75) is 38.8 Å². The summed E-state index contributed by atoms with van der Waals surface area (Å²) in [5, 5.41) is 0. The Kier molecular flexibility index (Phi) is 3.20. The van der Waals surface area contributed by atoms with Gasteiger partial charge in [0, 0.05) is 36.9 Å². The monoisotopic (exact) mass is 171 g/mol. The molecule has 0 saturated carbocycles. The molecule has 0 spiro atoms. The van der Waals surface area contributed by atoms with E-state index in [4.69, 9.17) is 0 Å². The van der Waals surface area contributed by atoms with Crippen molar-refractivity contribution in [3.05, 3.63) is 4.91 Å². The maximum atomic E-state index is 11.0. The molecule has 0 aromatic rings. The van der Waals surface area contributed by atoms with Gasteiger partial charge in [-0.3, -0.25) is 0 Å². The van der Waals surface area contributed by atoms with Crippen molar-refractivity contribution in [3.63, 3.8) is 0 Å². The van der Waals surface area contributed by atoms with E-state index in [1.165, 1.54) is 0 Å². The summed E-state index contributed by atoms with van der Waals surface area (Å²) in [6.45, 7) is 6.58. The van der Waals surface area contributed by atoms with E-state index in [1.54, 1.807) is 7.05 Å². The smallest absolute Gasteiger partial charge is 0.203 e. The zero-order chi connectivity index (χ0) is 9.14. The van der Waals surface area contributed by atoms with Crippen LogP contribution in [-0.4, -0.2) is 41.9 Å². The summed E-state index contributed by atoms with van der Waals surface area (Å²) >= 11 is 0. The van der Waals surface area contributed by atoms with Gasteiger partial charge in [-0.2, -0.15) is 0 Å². The first-order valence-electron chi connectivity index (χ1n) is 4.75. The number of hydrogen-bond acceptors (Lipinski definition) is 2. The summed E-state index contributed by atoms with van der Waals surface area (Å²) < 4.78 is 1.11. The van der Waals surface area contributed by atoms with E-state index in [0.717, 1.165) is 30.7 Å². The Hall–Kier alpha value is -0.440. The van der Waals surface area contributed by atoms with Gasteiger partial charge in [0.05, 0.1) is 0 Å². The number of piperidine rings is 1. The number of rotatable bonds is 2. The van der Waals surface area contributed by atoms with Crippen LogP contribution >= 0.6 is 0 Å². The van der Waals surface area contributed by atoms with Gasteiger partial charge in [0.25, 0.3) is 0 Å². The molecule has 1 fully saturated rings. The van der Waals surface area contributed by atoms with Crippen LogP contribution in [-0.2, 0) is 0 Å². The van der Waals surface area contributed by atoms with Gasteiger partial charge in [-0.25, -0.2) is 0 Å². The normalized spacial score (nSPS) is 21.7. The SMILES string of the molecule is CC(C)N1CCC([N+](C)=O)CC1. The molecular weight excluding hydrogens is 152 g/mol. The second-order valence-electron chi connectivity index (χ2n) is 3.91. The summed E-state index contributed by atoms with van der Waals surface area (Å²) in [4.78, 5) is 13.4. The molecule has 1 saturated heterocycles. The molecule has 3 nitrogen and oxygen atoms in total. The van der Waals surface area contributed by atoms with Gasteiger partial charge in [0.15, 0.2) is 7.05 Å². The minimum Gasteiger partial charge on any atom is -0.300 e. The van der Waals surface area contributed by atoms with Gasteiger partial charge >= 0.3 is 0 Å². The highest BCUT2D eigenvalue weighted by molar-refractivity contribution is 4.73. The Labute approximate surface area is 74.3 Å². The second kappa shape index (κ2) is 3.99. The van der Waals surface area contributed by atoms with Crippen LogP contribution in [0.3, 0.4) is 0 Å². The van der Waals surface area contributed by atoms with Crippen LogP contribution in [0.5, 0.6) is 0 Å². The predicted molar refractivity (Wildman–Crippen MR) is 49.3 cm³/mol. The second-order valence-corrected chi connectivity index (χ2v) is 3.91. The fraction of sp³-hybridized carbons (Fsp3) is 1.00. The molecule has 0 aromatic heterocycles. The third-order valence-corrected chi connectivity index (χ3v) is 2.74. The molecule has 1 aliphatic heterocycles. The minimum atomic E-state index is 0.264. The fourth-order valence-corrected chi connectivity index (χ4v) is 1.77. The molecule has 1 aliphatic rings. The number of nitroso groups, excluding NO2 is 1. The van der Waals surface area contributed by atoms with Gasteiger partial charge in [-0.15, -0.1) is 0 Å². The summed E-state index contributed by atoms with van der Waals surface area (Å²) in [6.07, 6.45) is 2.05. The summed E-state index contributed by atoms with van der Waals surface area (Å²) in [7, 11) is 1.63. The number of hydrogen-bond donors (Lipinski definition) is 0. The van der Waals surface area contributed by atoms with Crippen LogP contribution in [0.2, 0.25) is 0 Å². The highest BCUT2D eigenvalue weighted by Crippen LogP contribution is 2.14. The molecule has 0 bridgehead atoms. The largest absolute Gasteiger partial charge is 0.300 e. The van der Waals surface area contributed by atoms with E-state index in [1.807, 2.05) is 0 Å². The topological polar surface area (TPSA) is 23.3 Å². The standard InChI is InChI=1S/C9H19N2O/c1-8(2)11-6-4-9(5-7-11)10(3)12/h8-9H,4-7H2,1-3H3/q+1. The first-order valence-corrected chi connectivity index (χ1v) is 4.75. The van der Waals surface area contributed by atoms with Gasteiger partial charge in [0.1, 0.15) is 0 Å². The molecule has 1 rings (SSSR count). The third-order valence-electron chi connectivity index (χ3n) is 2.74. The lowest BCUT2D eigenvalue weighted by atomic mass is 10.0. The van der Waals surface area contributed by atoms with Gasteiger partial charge in [-0.05, 0) is 18.6 Å². The van der Waals surface area contributed by atoms with Gasteiger partial charge < -0.3 is 4.90 Å². The summed E-state index contributed by atoms with van der Waals surface area (Å²) in [6, 6.07) is 0.892. The average molecular weight is 171 g/mol. The lowest BCUT2D eigenvalue weighted by molar-refractivity contribution is -0.562. The molecule has 12 heavy (non-hydrogen) atoms. The van der Waals surface area contributed by atoms with E-state index in [-0.39, 0.29) is 6.04 Å². The molecule has 0 radical (unpaired) electrons. The van der Waals surface area contributed by atoms with Crippen molar-refractivity contribution in [3.8, 4) is 0 Å². The Bertz CT molecular complexity index is 160. The van der Waals surface area contributed by atoms with Crippen molar-refractivity contribution in [2.75, 3.05) is 20.1 Å². The molecule has 3 heteroatoms. The van der Waals surface area contributed by atoms with Crippen molar-refractivity contribution in [1.82, 2.24) is 4.90 Å². The first kappa shape index (κ1) is 9.65. The zero-order valence-corrected chi connectivity index (χ0v) is 8.29. The molecule has 0 aliphatic carbocycles. The number of nitrogens with zero attached hydrogens (tertiary/aromatic N) is 2. The van der Waals surface area contributed by atoms with Crippen LogP contribution in [0.15, 0.2) is 0 Å². The van der Waals surface area contributed by atoms with E-state index >= 15 is 0 Å². The fourth-order valence-electron chi connectivity index (χ4n) is 1.77. The molecule has 70 valence electrons. The zero-order valence-electron chi connectivity index (χ0n) is 8.29. The van der Waals surface area contributed by atoms with Gasteiger partial charge in [0.2, 0.25) is 6.04 Å². The summed E-state index contributed by atoms with van der Waals surface area (Å²) in [5.74, 6) is 0. The molecular formula is C9H19N2O+. The van der Waals surface area contributed by atoms with Crippen molar-refractivity contribution >= 4 is 0 Å². The Morgan fingerprint density at radius 2 is 1.83 bits per heavy atom. The summed E-state index contributed by atoms with van der Waals surface area (Å²) in [5.41, 5.74) is 0. The maximum absolute atomic E-state index is 11.0. The van der Waals surface area contributed by atoms with Crippen molar-refractivity contribution in [1.29, 1.82) is 0 Å². The highest BCUT2D eigenvalue weighted by atomic mass is 16.3. The molecule has 0 N–H and O–H groups in total. The van der Waals surface area contributed by atoms with Crippen LogP contribution in [0.25, 0.3) is 0 Å². The third kappa shape index (κ3) is 2.27. The number of likely N-dealkylation sites (tertiary alicyclic amines) is 1. The molecule has 0 unspecified atom stereocenters. The van der Waals surface area contributed by atoms with E-state index < -0.39 is 0 Å². The Balaban J connectivity index is 2.34. The van der Waals surface area contributed by atoms with Crippen molar-refractivity contribution in [2.24, 2.45) is 0 Å². The Morgan fingerprint density at radius 3 is 2.17 bits per heavy atom. The van der Waals surface area contributed by atoms with Crippen molar-refractivity contribution < 1.29 is 4.76 Å². The van der Waals surface area contributed by atoms with E-state index in [9.17, 15) is 4.91 Å². The lowest BCUT2D eigenvalue weighted by Crippen LogP contribution is -2.42. The van der Waals surface area contributed by atoms with E-state index in [2.05, 4.69) is 18.7 Å². The lowest BCUT2D eigenvalue weighted by Gasteiger charge is -2.30. The van der Waals surface area contributed by atoms with Crippen LogP contribution in [0.1, 0.15) is 26.7 Å². The minimum absolute atomic E-state index is 0.264. The highest BCUT2D eigenvalue weighted by Gasteiger charge is 2.28. The molecule has 0 aromatic carbocycles. The van der Waals surface area contributed by atoms with Crippen LogP contribution in [0.4, 0.5) is 0 Å². The average Bonchev–Trinajstić information content (AvgIpc) is 2.04. The maximum Gasteiger partial charge on any atom is 0.203 e. The quantitative estimate of drug-likeness (QED) is 0.584. The Morgan fingerprint density at radius 1 is 1.33 bits per heavy atom. The predicted octanol–water partition coefficient (Wildman–Crippen LogP) is 1.27. The molecule has 0 atom stereocenters. The molecule has 0 amide bonds. The van der Waals surface area contributed by atoms with Crippen LogP contribution < -0.4 is 0 Å². The first-order chi connectivity index (χ1) is 5.61. The van der Waals surface area contributed by atoms with Gasteiger partial charge in [-0.1, -0.05) is 0 Å². The molecule has 1 heterocycles. The van der Waals surface area contributed by atoms with E-state index in [0.29, 0.717) is 6.04 Å².